The van der Waals surface area contributed by atoms with Crippen LogP contribution in [0.4, 0.5) is 9.18 Å². The van der Waals surface area contributed by atoms with Gasteiger partial charge < -0.3 is 14.7 Å². The van der Waals surface area contributed by atoms with Gasteiger partial charge in [0.1, 0.15) is 5.82 Å². The fraction of sp³-hybridized carbons (Fsp3) is 0.526. The summed E-state index contributed by atoms with van der Waals surface area (Å²) < 4.78 is 18.4. The smallest absolute Gasteiger partial charge is 0.317 e. The van der Waals surface area contributed by atoms with Crippen LogP contribution in [0, 0.1) is 12.7 Å². The van der Waals surface area contributed by atoms with E-state index in [1.807, 2.05) is 11.0 Å². The number of nitrogens with zero attached hydrogens (tertiary/aromatic N) is 4. The van der Waals surface area contributed by atoms with Crippen molar-refractivity contribution in [2.24, 2.45) is 0 Å². The number of aromatic nitrogens is 2. The number of halogens is 1. The zero-order valence-corrected chi connectivity index (χ0v) is 15.4. The van der Waals surface area contributed by atoms with Crippen molar-refractivity contribution in [3.8, 4) is 0 Å². The van der Waals surface area contributed by atoms with Gasteiger partial charge in [-0.1, -0.05) is 17.3 Å². The SMILES string of the molecule is Cc1nc(CN2CCCN(C(=O)N[C@@H]3C[C@H]3c3cccc(F)c3)CC2)no1. The average molecular weight is 373 g/mol. The zero-order valence-electron chi connectivity index (χ0n) is 15.4. The first-order valence-electron chi connectivity index (χ1n) is 9.41. The molecule has 8 heteroatoms. The van der Waals surface area contributed by atoms with E-state index in [0.717, 1.165) is 38.0 Å². The maximum absolute atomic E-state index is 13.4. The van der Waals surface area contributed by atoms with Gasteiger partial charge in [0.25, 0.3) is 0 Å². The predicted octanol–water partition coefficient (Wildman–Crippen LogP) is 2.29. The van der Waals surface area contributed by atoms with E-state index in [0.29, 0.717) is 24.8 Å². The number of carbonyl (C=O) groups is 1. The van der Waals surface area contributed by atoms with Crippen LogP contribution in [0.2, 0.25) is 0 Å². The lowest BCUT2D eigenvalue weighted by molar-refractivity contribution is 0.196. The number of amides is 2. The van der Waals surface area contributed by atoms with Gasteiger partial charge in [0, 0.05) is 45.1 Å². The number of aryl methyl sites for hydroxylation is 1. The van der Waals surface area contributed by atoms with E-state index in [1.54, 1.807) is 19.1 Å². The molecule has 144 valence electrons. The maximum Gasteiger partial charge on any atom is 0.317 e. The van der Waals surface area contributed by atoms with Gasteiger partial charge in [-0.3, -0.25) is 4.90 Å². The molecule has 2 amide bonds. The van der Waals surface area contributed by atoms with E-state index >= 15 is 0 Å². The molecule has 0 radical (unpaired) electrons. The van der Waals surface area contributed by atoms with Gasteiger partial charge >= 0.3 is 6.03 Å². The minimum Gasteiger partial charge on any atom is -0.340 e. The summed E-state index contributed by atoms with van der Waals surface area (Å²) in [6, 6.07) is 6.70. The fourth-order valence-electron chi connectivity index (χ4n) is 3.65. The Balaban J connectivity index is 1.26. The monoisotopic (exact) mass is 373 g/mol. The molecule has 27 heavy (non-hydrogen) atoms. The van der Waals surface area contributed by atoms with Crippen molar-refractivity contribution >= 4 is 6.03 Å². The van der Waals surface area contributed by atoms with E-state index in [1.165, 1.54) is 6.07 Å². The van der Waals surface area contributed by atoms with E-state index < -0.39 is 0 Å². The Morgan fingerprint density at radius 2 is 2.22 bits per heavy atom. The first-order chi connectivity index (χ1) is 13.1. The van der Waals surface area contributed by atoms with Crippen LogP contribution in [-0.2, 0) is 6.54 Å². The molecule has 2 aliphatic rings. The van der Waals surface area contributed by atoms with Crippen molar-refractivity contribution in [1.82, 2.24) is 25.3 Å². The largest absolute Gasteiger partial charge is 0.340 e. The normalized spacial score (nSPS) is 23.1. The molecule has 1 aliphatic heterocycles. The number of carbonyl (C=O) groups excluding carboxylic acids is 1. The molecule has 2 atom stereocenters. The number of rotatable bonds is 4. The molecule has 1 saturated heterocycles. The third-order valence-corrected chi connectivity index (χ3v) is 5.19. The van der Waals surface area contributed by atoms with Crippen LogP contribution in [0.25, 0.3) is 0 Å². The van der Waals surface area contributed by atoms with Crippen LogP contribution in [-0.4, -0.2) is 58.2 Å². The van der Waals surface area contributed by atoms with Gasteiger partial charge in [-0.05, 0) is 30.5 Å². The van der Waals surface area contributed by atoms with Crippen molar-refractivity contribution in [1.29, 1.82) is 0 Å². The van der Waals surface area contributed by atoms with Crippen LogP contribution in [0.3, 0.4) is 0 Å². The second-order valence-corrected chi connectivity index (χ2v) is 7.30. The highest BCUT2D eigenvalue weighted by Gasteiger charge is 2.40. The summed E-state index contributed by atoms with van der Waals surface area (Å²) in [7, 11) is 0. The summed E-state index contributed by atoms with van der Waals surface area (Å²) in [6.45, 7) is 5.48. The minimum atomic E-state index is -0.228. The summed E-state index contributed by atoms with van der Waals surface area (Å²) in [5.41, 5.74) is 0.956. The highest BCUT2D eigenvalue weighted by Crippen LogP contribution is 2.41. The Kier molecular flexibility index (Phi) is 5.07. The lowest BCUT2D eigenvalue weighted by Crippen LogP contribution is -2.43. The van der Waals surface area contributed by atoms with Crippen LogP contribution in [0.15, 0.2) is 28.8 Å². The van der Waals surface area contributed by atoms with Gasteiger partial charge in [0.2, 0.25) is 5.89 Å². The molecule has 4 rings (SSSR count). The van der Waals surface area contributed by atoms with Crippen LogP contribution >= 0.6 is 0 Å². The molecule has 1 N–H and O–H groups in total. The number of urea groups is 1. The van der Waals surface area contributed by atoms with Gasteiger partial charge in [0.15, 0.2) is 5.82 Å². The molecular weight excluding hydrogens is 349 g/mol. The summed E-state index contributed by atoms with van der Waals surface area (Å²) >= 11 is 0. The Hall–Kier alpha value is -2.48. The Morgan fingerprint density at radius 1 is 1.33 bits per heavy atom. The molecular formula is C19H24FN5O2. The van der Waals surface area contributed by atoms with E-state index in [9.17, 15) is 9.18 Å². The molecule has 1 aromatic carbocycles. The number of hydrogen-bond donors (Lipinski definition) is 1. The van der Waals surface area contributed by atoms with Gasteiger partial charge in [0.05, 0.1) is 6.54 Å². The first-order valence-corrected chi connectivity index (χ1v) is 9.41. The highest BCUT2D eigenvalue weighted by molar-refractivity contribution is 5.75. The van der Waals surface area contributed by atoms with E-state index in [4.69, 9.17) is 4.52 Å². The third kappa shape index (κ3) is 4.44. The third-order valence-electron chi connectivity index (χ3n) is 5.19. The average Bonchev–Trinajstić information content (AvgIpc) is 3.34. The summed E-state index contributed by atoms with van der Waals surface area (Å²) in [5, 5.41) is 7.03. The van der Waals surface area contributed by atoms with Gasteiger partial charge in [-0.15, -0.1) is 0 Å². The van der Waals surface area contributed by atoms with E-state index in [2.05, 4.69) is 20.4 Å². The molecule has 2 aromatic rings. The molecule has 0 unspecified atom stereocenters. The van der Waals surface area contributed by atoms with Gasteiger partial charge in [-0.2, -0.15) is 4.98 Å². The van der Waals surface area contributed by atoms with Crippen molar-refractivity contribution in [2.45, 2.75) is 38.3 Å². The standard InChI is InChI=1S/C19H24FN5O2/c1-13-21-18(23-27-13)12-24-6-3-7-25(9-8-24)19(26)22-17-11-16(17)14-4-2-5-15(20)10-14/h2,4-5,10,16-17H,3,6-9,11-12H2,1H3,(H,22,26)/t16-,17+/m0/s1. The number of hydrogen-bond acceptors (Lipinski definition) is 5. The zero-order chi connectivity index (χ0) is 18.8. The lowest BCUT2D eigenvalue weighted by Gasteiger charge is -2.22. The van der Waals surface area contributed by atoms with Crippen LogP contribution < -0.4 is 5.32 Å². The maximum atomic E-state index is 13.4. The topological polar surface area (TPSA) is 74.5 Å². The molecule has 0 spiro atoms. The van der Waals surface area contributed by atoms with Crippen molar-refractivity contribution in [3.05, 3.63) is 47.4 Å². The second kappa shape index (κ2) is 7.64. The number of benzene rings is 1. The molecule has 2 fully saturated rings. The van der Waals surface area contributed by atoms with Crippen LogP contribution in [0.5, 0.6) is 0 Å². The highest BCUT2D eigenvalue weighted by atomic mass is 19.1. The quantitative estimate of drug-likeness (QED) is 0.890. The number of nitrogens with one attached hydrogen (secondary N) is 1. The van der Waals surface area contributed by atoms with Crippen molar-refractivity contribution in [3.63, 3.8) is 0 Å². The van der Waals surface area contributed by atoms with Crippen LogP contribution in [0.1, 0.15) is 36.0 Å². The molecule has 1 aliphatic carbocycles. The molecule has 7 nitrogen and oxygen atoms in total. The van der Waals surface area contributed by atoms with E-state index in [-0.39, 0.29) is 23.8 Å². The second-order valence-electron chi connectivity index (χ2n) is 7.30. The van der Waals surface area contributed by atoms with Crippen molar-refractivity contribution in [2.75, 3.05) is 26.2 Å². The summed E-state index contributed by atoms with van der Waals surface area (Å²) in [6.07, 6.45) is 1.77. The predicted molar refractivity (Wildman–Crippen MR) is 96.6 cm³/mol. The molecule has 2 heterocycles. The Labute approximate surface area is 157 Å². The molecule has 1 aromatic heterocycles. The molecule has 0 bridgehead atoms. The van der Waals surface area contributed by atoms with Gasteiger partial charge in [-0.25, -0.2) is 9.18 Å². The summed E-state index contributed by atoms with van der Waals surface area (Å²) in [5.74, 6) is 1.24. The van der Waals surface area contributed by atoms with Crippen molar-refractivity contribution < 1.29 is 13.7 Å². The minimum absolute atomic E-state index is 0.0313. The summed E-state index contributed by atoms with van der Waals surface area (Å²) in [4.78, 5) is 20.9. The first kappa shape index (κ1) is 17.9. The Morgan fingerprint density at radius 3 is 3.00 bits per heavy atom. The molecule has 1 saturated carbocycles. The Bertz CT molecular complexity index is 811. The lowest BCUT2D eigenvalue weighted by atomic mass is 10.1. The fourth-order valence-corrected chi connectivity index (χ4v) is 3.65.